The van der Waals surface area contributed by atoms with Crippen LogP contribution in [-0.2, 0) is 0 Å². The molecule has 0 spiro atoms. The molecule has 1 N–H and O–H groups in total. The van der Waals surface area contributed by atoms with Gasteiger partial charge in [-0.1, -0.05) is 25.4 Å². The Balaban J connectivity index is 0.00000151. The van der Waals surface area contributed by atoms with Crippen LogP contribution in [0.2, 0.25) is 5.02 Å². The van der Waals surface area contributed by atoms with Gasteiger partial charge in [-0.15, -0.1) is 0 Å². The predicted molar refractivity (Wildman–Crippen MR) is 108 cm³/mol. The van der Waals surface area contributed by atoms with E-state index in [0.29, 0.717) is 16.7 Å². The summed E-state index contributed by atoms with van der Waals surface area (Å²) in [6.45, 7) is 12.2. The van der Waals surface area contributed by atoms with Gasteiger partial charge in [0.05, 0.1) is 12.1 Å². The Bertz CT molecular complexity index is 698. The van der Waals surface area contributed by atoms with Crippen LogP contribution in [0.15, 0.2) is 24.4 Å². The maximum Gasteiger partial charge on any atom is 0.225 e. The van der Waals surface area contributed by atoms with Crippen LogP contribution >= 0.6 is 11.6 Å². The Morgan fingerprint density at radius 1 is 1.20 bits per heavy atom. The normalized spacial score (nSPS) is 10.6. The molecule has 2 rings (SSSR count). The second-order valence-corrected chi connectivity index (χ2v) is 6.86. The summed E-state index contributed by atoms with van der Waals surface area (Å²) >= 11 is 6.10. The van der Waals surface area contributed by atoms with Crippen LogP contribution in [0.1, 0.15) is 40.2 Å². The molecule has 138 valence electrons. The molecule has 5 nitrogen and oxygen atoms in total. The van der Waals surface area contributed by atoms with E-state index in [-0.39, 0.29) is 5.54 Å². The molecule has 0 atom stereocenters. The standard InChI is InChI=1S/C17H23ClN4O.C2H6/c1-11-10-19-16(21-17(2,3)4)20-15(11)22(5)12-7-8-13(18)14(9-12)23-6;1-2/h7-10H,1-6H3,(H,19,20,21);1-2H3. The highest BCUT2D eigenvalue weighted by molar-refractivity contribution is 6.32. The van der Waals surface area contributed by atoms with Crippen molar-refractivity contribution in [2.45, 2.75) is 47.1 Å². The maximum absolute atomic E-state index is 6.10. The van der Waals surface area contributed by atoms with Gasteiger partial charge >= 0.3 is 0 Å². The first-order chi connectivity index (χ1) is 11.7. The van der Waals surface area contributed by atoms with E-state index in [1.165, 1.54) is 0 Å². The van der Waals surface area contributed by atoms with Crippen LogP contribution in [-0.4, -0.2) is 29.7 Å². The average Bonchev–Trinajstić information content (AvgIpc) is 2.57. The minimum absolute atomic E-state index is 0.103. The summed E-state index contributed by atoms with van der Waals surface area (Å²) in [7, 11) is 3.56. The Kier molecular flexibility index (Phi) is 7.49. The summed E-state index contributed by atoms with van der Waals surface area (Å²) in [6.07, 6.45) is 1.82. The number of hydrogen-bond acceptors (Lipinski definition) is 5. The number of hydrogen-bond donors (Lipinski definition) is 1. The van der Waals surface area contributed by atoms with Crippen molar-refractivity contribution in [1.29, 1.82) is 0 Å². The third-order valence-electron chi connectivity index (χ3n) is 3.27. The predicted octanol–water partition coefficient (Wildman–Crippen LogP) is 5.45. The van der Waals surface area contributed by atoms with Crippen molar-refractivity contribution >= 4 is 29.1 Å². The first-order valence-corrected chi connectivity index (χ1v) is 8.78. The molecule has 0 fully saturated rings. The van der Waals surface area contributed by atoms with Crippen LogP contribution in [0.5, 0.6) is 5.75 Å². The smallest absolute Gasteiger partial charge is 0.225 e. The Hall–Kier alpha value is -2.01. The van der Waals surface area contributed by atoms with Gasteiger partial charge in [0.1, 0.15) is 11.6 Å². The van der Waals surface area contributed by atoms with Gasteiger partial charge in [-0.05, 0) is 39.8 Å². The summed E-state index contributed by atoms with van der Waals surface area (Å²) in [6, 6.07) is 5.64. The van der Waals surface area contributed by atoms with Gasteiger partial charge in [0, 0.05) is 36.1 Å². The molecule has 1 aromatic carbocycles. The van der Waals surface area contributed by atoms with Crippen molar-refractivity contribution in [2.24, 2.45) is 0 Å². The molecule has 6 heteroatoms. The van der Waals surface area contributed by atoms with E-state index >= 15 is 0 Å². The van der Waals surface area contributed by atoms with Crippen molar-refractivity contribution in [2.75, 3.05) is 24.4 Å². The van der Waals surface area contributed by atoms with Crippen LogP contribution in [0.25, 0.3) is 0 Å². The number of halogens is 1. The number of anilines is 3. The highest BCUT2D eigenvalue weighted by Crippen LogP contribution is 2.32. The van der Waals surface area contributed by atoms with Gasteiger partial charge in [0.15, 0.2) is 0 Å². The second kappa shape index (κ2) is 8.90. The van der Waals surface area contributed by atoms with Gasteiger partial charge < -0.3 is 15.0 Å². The lowest BCUT2D eigenvalue weighted by molar-refractivity contribution is 0.415. The largest absolute Gasteiger partial charge is 0.495 e. The Labute approximate surface area is 156 Å². The van der Waals surface area contributed by atoms with Gasteiger partial charge in [-0.3, -0.25) is 0 Å². The summed E-state index contributed by atoms with van der Waals surface area (Å²) < 4.78 is 5.29. The number of methoxy groups -OCH3 is 1. The molecule has 0 saturated heterocycles. The first kappa shape index (κ1) is 21.0. The highest BCUT2D eigenvalue weighted by Gasteiger charge is 2.15. The third-order valence-corrected chi connectivity index (χ3v) is 3.58. The van der Waals surface area contributed by atoms with Crippen molar-refractivity contribution in [3.05, 3.63) is 35.0 Å². The fourth-order valence-corrected chi connectivity index (χ4v) is 2.34. The minimum atomic E-state index is -0.103. The minimum Gasteiger partial charge on any atom is -0.495 e. The molecule has 2 aromatic rings. The molecular weight excluding hydrogens is 336 g/mol. The lowest BCUT2D eigenvalue weighted by Gasteiger charge is -2.24. The molecule has 0 amide bonds. The molecule has 1 aromatic heterocycles. The zero-order chi connectivity index (χ0) is 19.2. The maximum atomic E-state index is 6.10. The van der Waals surface area contributed by atoms with Gasteiger partial charge in [-0.2, -0.15) is 4.98 Å². The highest BCUT2D eigenvalue weighted by atomic mass is 35.5. The van der Waals surface area contributed by atoms with Gasteiger partial charge in [0.25, 0.3) is 0 Å². The van der Waals surface area contributed by atoms with Crippen LogP contribution in [0, 0.1) is 6.92 Å². The van der Waals surface area contributed by atoms with E-state index in [4.69, 9.17) is 16.3 Å². The summed E-state index contributed by atoms with van der Waals surface area (Å²) in [5, 5.41) is 3.87. The van der Waals surface area contributed by atoms with Crippen molar-refractivity contribution in [3.8, 4) is 5.75 Å². The fraction of sp³-hybridized carbons (Fsp3) is 0.474. The molecule has 0 aliphatic carbocycles. The average molecular weight is 365 g/mol. The van der Waals surface area contributed by atoms with Crippen molar-refractivity contribution in [3.63, 3.8) is 0 Å². The quantitative estimate of drug-likeness (QED) is 0.781. The van der Waals surface area contributed by atoms with E-state index in [0.717, 1.165) is 17.1 Å². The molecule has 25 heavy (non-hydrogen) atoms. The number of nitrogens with one attached hydrogen (secondary N) is 1. The SMILES string of the molecule is CC.COc1cc(N(C)c2nc(NC(C)(C)C)ncc2C)ccc1Cl. The first-order valence-electron chi connectivity index (χ1n) is 8.40. The molecule has 0 unspecified atom stereocenters. The molecule has 0 aliphatic rings. The molecular formula is C19H29ClN4O. The molecule has 0 radical (unpaired) electrons. The van der Waals surface area contributed by atoms with Gasteiger partial charge in [-0.25, -0.2) is 4.98 Å². The third kappa shape index (κ3) is 5.78. The monoisotopic (exact) mass is 364 g/mol. The molecule has 0 aliphatic heterocycles. The Morgan fingerprint density at radius 3 is 2.40 bits per heavy atom. The number of ether oxygens (including phenoxy) is 1. The zero-order valence-electron chi connectivity index (χ0n) is 16.4. The van der Waals surface area contributed by atoms with E-state index in [2.05, 4.69) is 36.1 Å². The lowest BCUT2D eigenvalue weighted by atomic mass is 10.1. The number of aromatic nitrogens is 2. The number of rotatable bonds is 4. The van der Waals surface area contributed by atoms with Crippen LogP contribution in [0.3, 0.4) is 0 Å². The second-order valence-electron chi connectivity index (χ2n) is 6.45. The van der Waals surface area contributed by atoms with E-state index in [1.54, 1.807) is 7.11 Å². The van der Waals surface area contributed by atoms with Crippen LogP contribution < -0.4 is 15.0 Å². The van der Waals surface area contributed by atoms with Crippen molar-refractivity contribution in [1.82, 2.24) is 9.97 Å². The molecule has 0 bridgehead atoms. The molecule has 0 saturated carbocycles. The Morgan fingerprint density at radius 2 is 1.84 bits per heavy atom. The topological polar surface area (TPSA) is 50.3 Å². The molecule has 1 heterocycles. The van der Waals surface area contributed by atoms with E-state index in [9.17, 15) is 0 Å². The van der Waals surface area contributed by atoms with Gasteiger partial charge in [0.2, 0.25) is 5.95 Å². The summed E-state index contributed by atoms with van der Waals surface area (Å²) in [5.74, 6) is 2.07. The summed E-state index contributed by atoms with van der Waals surface area (Å²) in [5.41, 5.74) is 1.82. The van der Waals surface area contributed by atoms with E-state index in [1.807, 2.05) is 57.1 Å². The zero-order valence-corrected chi connectivity index (χ0v) is 17.2. The van der Waals surface area contributed by atoms with E-state index < -0.39 is 0 Å². The lowest BCUT2D eigenvalue weighted by Crippen LogP contribution is -2.28. The van der Waals surface area contributed by atoms with Crippen LogP contribution in [0.4, 0.5) is 17.5 Å². The number of nitrogens with zero attached hydrogens (tertiary/aromatic N) is 3. The number of benzene rings is 1. The summed E-state index contributed by atoms with van der Waals surface area (Å²) in [4.78, 5) is 11.0. The number of aryl methyl sites for hydroxylation is 1. The fourth-order valence-electron chi connectivity index (χ4n) is 2.15. The van der Waals surface area contributed by atoms with Crippen molar-refractivity contribution < 1.29 is 4.74 Å².